The molecule has 3 heterocycles. The maximum atomic E-state index is 12.6. The second-order valence-electron chi connectivity index (χ2n) is 8.48. The van der Waals surface area contributed by atoms with Crippen molar-refractivity contribution < 1.29 is 4.79 Å². The highest BCUT2D eigenvalue weighted by atomic mass is 16.2. The fourth-order valence-corrected chi connectivity index (χ4v) is 4.40. The van der Waals surface area contributed by atoms with Crippen molar-refractivity contribution in [1.29, 1.82) is 0 Å². The third kappa shape index (κ3) is 5.78. The van der Waals surface area contributed by atoms with E-state index in [1.165, 1.54) is 11.1 Å². The second-order valence-corrected chi connectivity index (χ2v) is 8.48. The number of piperidine rings is 1. The summed E-state index contributed by atoms with van der Waals surface area (Å²) in [5, 5.41) is 6.93. The molecule has 7 nitrogen and oxygen atoms in total. The lowest BCUT2D eigenvalue weighted by Gasteiger charge is -2.33. The van der Waals surface area contributed by atoms with Gasteiger partial charge in [-0.3, -0.25) is 9.79 Å². The number of benzene rings is 1. The van der Waals surface area contributed by atoms with Gasteiger partial charge in [0.1, 0.15) is 5.82 Å². The summed E-state index contributed by atoms with van der Waals surface area (Å²) in [6, 6.07) is 14.8. The van der Waals surface area contributed by atoms with E-state index in [1.807, 2.05) is 35.4 Å². The van der Waals surface area contributed by atoms with Crippen LogP contribution in [0, 0.1) is 0 Å². The van der Waals surface area contributed by atoms with Crippen molar-refractivity contribution in [2.45, 2.75) is 51.7 Å². The van der Waals surface area contributed by atoms with Gasteiger partial charge >= 0.3 is 0 Å². The zero-order valence-corrected chi connectivity index (χ0v) is 19.0. The summed E-state index contributed by atoms with van der Waals surface area (Å²) >= 11 is 0. The third-order valence-corrected chi connectivity index (χ3v) is 6.17. The summed E-state index contributed by atoms with van der Waals surface area (Å²) in [6.07, 6.45) is 5.26. The van der Waals surface area contributed by atoms with Crippen LogP contribution >= 0.6 is 0 Å². The number of guanidine groups is 1. The van der Waals surface area contributed by atoms with Crippen LogP contribution in [-0.2, 0) is 17.9 Å². The molecule has 2 N–H and O–H groups in total. The van der Waals surface area contributed by atoms with Gasteiger partial charge in [0, 0.05) is 57.9 Å². The predicted molar refractivity (Wildman–Crippen MR) is 129 cm³/mol. The van der Waals surface area contributed by atoms with Crippen LogP contribution in [-0.4, -0.2) is 54.0 Å². The van der Waals surface area contributed by atoms with Crippen molar-refractivity contribution in [3.8, 4) is 0 Å². The maximum Gasteiger partial charge on any atom is 0.223 e. The van der Waals surface area contributed by atoms with Crippen molar-refractivity contribution in [2.75, 3.05) is 31.1 Å². The van der Waals surface area contributed by atoms with Crippen molar-refractivity contribution in [2.24, 2.45) is 4.99 Å². The lowest BCUT2D eigenvalue weighted by Crippen LogP contribution is -2.49. The molecule has 4 rings (SSSR count). The maximum absolute atomic E-state index is 12.6. The van der Waals surface area contributed by atoms with Gasteiger partial charge < -0.3 is 20.4 Å². The molecule has 0 aliphatic carbocycles. The van der Waals surface area contributed by atoms with Crippen LogP contribution in [0.1, 0.15) is 43.7 Å². The van der Waals surface area contributed by atoms with Gasteiger partial charge in [-0.05, 0) is 49.4 Å². The van der Waals surface area contributed by atoms with Crippen LogP contribution < -0.4 is 15.5 Å². The van der Waals surface area contributed by atoms with E-state index < -0.39 is 0 Å². The first-order valence-electron chi connectivity index (χ1n) is 11.8. The van der Waals surface area contributed by atoms with Gasteiger partial charge in [-0.15, -0.1) is 0 Å². The minimum absolute atomic E-state index is 0.219. The molecule has 1 aromatic carbocycles. The molecular weight excluding hydrogens is 400 g/mol. The number of amides is 1. The molecule has 1 fully saturated rings. The van der Waals surface area contributed by atoms with E-state index in [9.17, 15) is 4.79 Å². The molecule has 32 heavy (non-hydrogen) atoms. The molecule has 2 aromatic rings. The highest BCUT2D eigenvalue weighted by Gasteiger charge is 2.23. The summed E-state index contributed by atoms with van der Waals surface area (Å²) in [4.78, 5) is 26.1. The molecule has 1 amide bonds. The number of nitrogens with one attached hydrogen (secondary N) is 2. The molecule has 2 aliphatic rings. The summed E-state index contributed by atoms with van der Waals surface area (Å²) in [5.74, 6) is 2.12. The Morgan fingerprint density at radius 3 is 2.47 bits per heavy atom. The van der Waals surface area contributed by atoms with Gasteiger partial charge in [-0.2, -0.15) is 0 Å². The fraction of sp³-hybridized carbons (Fsp3) is 0.480. The molecule has 1 saturated heterocycles. The van der Waals surface area contributed by atoms with Crippen molar-refractivity contribution in [1.82, 2.24) is 20.5 Å². The quantitative estimate of drug-likeness (QED) is 0.398. The number of pyridine rings is 1. The number of carbonyl (C=O) groups is 1. The lowest BCUT2D eigenvalue weighted by molar-refractivity contribution is -0.131. The number of carbonyl (C=O) groups excluding carboxylic acids is 1. The molecule has 0 unspecified atom stereocenters. The first kappa shape index (κ1) is 22.1. The molecule has 0 radical (unpaired) electrons. The number of aliphatic imine (C=N–C) groups is 1. The monoisotopic (exact) mass is 434 g/mol. The summed E-state index contributed by atoms with van der Waals surface area (Å²) in [7, 11) is 0. The zero-order chi connectivity index (χ0) is 22.2. The average molecular weight is 435 g/mol. The molecule has 0 bridgehead atoms. The smallest absolute Gasteiger partial charge is 0.223 e. The van der Waals surface area contributed by atoms with Crippen molar-refractivity contribution in [3.05, 3.63) is 59.8 Å². The molecular formula is C25H34N6O. The molecule has 1 aromatic heterocycles. The van der Waals surface area contributed by atoms with E-state index in [4.69, 9.17) is 4.99 Å². The molecule has 0 saturated carbocycles. The Balaban J connectivity index is 1.19. The van der Waals surface area contributed by atoms with Gasteiger partial charge in [0.15, 0.2) is 5.96 Å². The van der Waals surface area contributed by atoms with Gasteiger partial charge in [0.25, 0.3) is 0 Å². The summed E-state index contributed by atoms with van der Waals surface area (Å²) < 4.78 is 0. The topological polar surface area (TPSA) is 72.9 Å². The second kappa shape index (κ2) is 11.0. The largest absolute Gasteiger partial charge is 0.357 e. The number of hydrogen-bond donors (Lipinski definition) is 2. The molecule has 0 spiro atoms. The van der Waals surface area contributed by atoms with E-state index >= 15 is 0 Å². The lowest BCUT2D eigenvalue weighted by atomic mass is 10.1. The van der Waals surface area contributed by atoms with E-state index in [2.05, 4.69) is 45.6 Å². The summed E-state index contributed by atoms with van der Waals surface area (Å²) in [6.45, 7) is 6.99. The Morgan fingerprint density at radius 2 is 1.81 bits per heavy atom. The van der Waals surface area contributed by atoms with Gasteiger partial charge in [-0.1, -0.05) is 30.3 Å². The first-order valence-corrected chi connectivity index (χ1v) is 11.8. The zero-order valence-electron chi connectivity index (χ0n) is 19.0. The highest BCUT2D eigenvalue weighted by molar-refractivity contribution is 5.80. The molecule has 170 valence electrons. The predicted octanol–water partition coefficient (Wildman–Crippen LogP) is 2.93. The van der Waals surface area contributed by atoms with Crippen molar-refractivity contribution >= 4 is 17.7 Å². The standard InChI is InChI=1S/C25H34N6O/c1-2-26-25(29-22-12-16-30(17-13-22)23-10-5-6-14-27-23)28-15-7-11-24(32)31-18-20-8-3-4-9-21(20)19-31/h3-6,8-10,14,22H,2,7,11-13,15-19H2,1H3,(H2,26,28,29). The normalized spacial score (nSPS) is 16.7. The van der Waals surface area contributed by atoms with E-state index in [0.29, 0.717) is 19.0 Å². The SMILES string of the molecule is CCNC(=NCCCC(=O)N1Cc2ccccc2C1)NC1CCN(c2ccccn2)CC1. The minimum atomic E-state index is 0.219. The van der Waals surface area contributed by atoms with Gasteiger partial charge in [-0.25, -0.2) is 4.98 Å². The Morgan fingerprint density at radius 1 is 1.09 bits per heavy atom. The number of aromatic nitrogens is 1. The molecule has 7 heteroatoms. The molecule has 2 aliphatic heterocycles. The van der Waals surface area contributed by atoms with Crippen LogP contribution in [0.15, 0.2) is 53.7 Å². The Hall–Kier alpha value is -3.09. The van der Waals surface area contributed by atoms with Crippen LogP contribution in [0.3, 0.4) is 0 Å². The van der Waals surface area contributed by atoms with Gasteiger partial charge in [0.05, 0.1) is 0 Å². The molecule has 0 atom stereocenters. The van der Waals surface area contributed by atoms with E-state index in [1.54, 1.807) is 0 Å². The van der Waals surface area contributed by atoms with E-state index in [-0.39, 0.29) is 5.91 Å². The number of anilines is 1. The van der Waals surface area contributed by atoms with Gasteiger partial charge in [0.2, 0.25) is 5.91 Å². The van der Waals surface area contributed by atoms with Crippen molar-refractivity contribution in [3.63, 3.8) is 0 Å². The van der Waals surface area contributed by atoms with E-state index in [0.717, 1.165) is 63.8 Å². The number of hydrogen-bond acceptors (Lipinski definition) is 4. The average Bonchev–Trinajstić information content (AvgIpc) is 3.27. The first-order chi connectivity index (χ1) is 15.7. The number of nitrogens with zero attached hydrogens (tertiary/aromatic N) is 4. The van der Waals surface area contributed by atoms with Crippen LogP contribution in [0.4, 0.5) is 5.82 Å². The number of fused-ring (bicyclic) bond motifs is 1. The Labute approximate surface area is 190 Å². The van der Waals surface area contributed by atoms with Crippen LogP contribution in [0.5, 0.6) is 0 Å². The van der Waals surface area contributed by atoms with Crippen LogP contribution in [0.2, 0.25) is 0 Å². The third-order valence-electron chi connectivity index (χ3n) is 6.17. The van der Waals surface area contributed by atoms with Crippen LogP contribution in [0.25, 0.3) is 0 Å². The Kier molecular flexibility index (Phi) is 7.59. The Bertz CT molecular complexity index is 883. The summed E-state index contributed by atoms with van der Waals surface area (Å²) in [5.41, 5.74) is 2.54. The minimum Gasteiger partial charge on any atom is -0.357 e. The fourth-order valence-electron chi connectivity index (χ4n) is 4.40. The highest BCUT2D eigenvalue weighted by Crippen LogP contribution is 2.23. The number of rotatable bonds is 7.